The second-order valence-electron chi connectivity index (χ2n) is 4.35. The lowest BCUT2D eigenvalue weighted by Crippen LogP contribution is -2.48. The van der Waals surface area contributed by atoms with Crippen LogP contribution in [0.3, 0.4) is 0 Å². The lowest BCUT2D eigenvalue weighted by molar-refractivity contribution is -0.139. The van der Waals surface area contributed by atoms with Gasteiger partial charge in [-0.05, 0) is 14.1 Å². The van der Waals surface area contributed by atoms with Crippen LogP contribution in [0, 0.1) is 0 Å². The summed E-state index contributed by atoms with van der Waals surface area (Å²) in [5.41, 5.74) is 0. The maximum atomic E-state index is 11.7. The third-order valence-electron chi connectivity index (χ3n) is 2.44. The zero-order valence-electron chi connectivity index (χ0n) is 11.5. The number of hydrogen-bond donors (Lipinski definition) is 2. The molecule has 2 N–H and O–H groups in total. The highest BCUT2D eigenvalue weighted by Gasteiger charge is 2.21. The summed E-state index contributed by atoms with van der Waals surface area (Å²) in [6, 6.07) is -1.31. The van der Waals surface area contributed by atoms with Gasteiger partial charge in [0.05, 0.1) is 0 Å². The van der Waals surface area contributed by atoms with Crippen LogP contribution in [0.15, 0.2) is 0 Å². The number of carboxylic acid groups (broad SMARTS) is 1. The highest BCUT2D eigenvalue weighted by atomic mass is 16.5. The zero-order valence-corrected chi connectivity index (χ0v) is 11.5. The predicted molar refractivity (Wildman–Crippen MR) is 67.6 cm³/mol. The lowest BCUT2D eigenvalue weighted by atomic mass is 10.2. The van der Waals surface area contributed by atoms with Crippen molar-refractivity contribution in [3.05, 3.63) is 0 Å². The number of nitrogens with one attached hydrogen (secondary N) is 1. The molecule has 0 aromatic carbocycles. The fraction of sp³-hybridized carbons (Fsp3) is 0.818. The first-order chi connectivity index (χ1) is 8.38. The number of urea groups is 1. The maximum Gasteiger partial charge on any atom is 0.326 e. The number of likely N-dealkylation sites (N-methyl/N-ethyl adjacent to an activating group) is 2. The van der Waals surface area contributed by atoms with Crippen molar-refractivity contribution in [2.24, 2.45) is 0 Å². The van der Waals surface area contributed by atoms with E-state index in [0.717, 1.165) is 6.54 Å². The van der Waals surface area contributed by atoms with Crippen LogP contribution in [0.1, 0.15) is 6.42 Å². The van der Waals surface area contributed by atoms with E-state index in [1.54, 1.807) is 7.05 Å². The third-order valence-corrected chi connectivity index (χ3v) is 2.44. The molecule has 0 bridgehead atoms. The Kier molecular flexibility index (Phi) is 8.06. The van der Waals surface area contributed by atoms with Crippen molar-refractivity contribution < 1.29 is 19.4 Å². The Labute approximate surface area is 108 Å². The molecule has 0 saturated carbocycles. The molecule has 0 spiro atoms. The average molecular weight is 261 g/mol. The minimum absolute atomic E-state index is 0.249. The molecule has 0 aliphatic heterocycles. The minimum Gasteiger partial charge on any atom is -0.480 e. The van der Waals surface area contributed by atoms with Gasteiger partial charge >= 0.3 is 12.0 Å². The van der Waals surface area contributed by atoms with E-state index in [1.165, 1.54) is 12.0 Å². The van der Waals surface area contributed by atoms with Crippen LogP contribution in [0.5, 0.6) is 0 Å². The molecule has 0 saturated heterocycles. The molecule has 7 heteroatoms. The van der Waals surface area contributed by atoms with E-state index < -0.39 is 12.0 Å². The number of rotatable bonds is 8. The summed E-state index contributed by atoms with van der Waals surface area (Å²) in [4.78, 5) is 26.1. The van der Waals surface area contributed by atoms with E-state index in [2.05, 4.69) is 5.32 Å². The van der Waals surface area contributed by atoms with Crippen molar-refractivity contribution in [2.75, 3.05) is 47.9 Å². The Morgan fingerprint density at radius 3 is 2.33 bits per heavy atom. The van der Waals surface area contributed by atoms with E-state index in [-0.39, 0.29) is 12.5 Å². The van der Waals surface area contributed by atoms with E-state index in [1.807, 2.05) is 19.0 Å². The van der Waals surface area contributed by atoms with E-state index >= 15 is 0 Å². The molecule has 2 amide bonds. The normalized spacial score (nSPS) is 12.3. The van der Waals surface area contributed by atoms with Gasteiger partial charge in [0.25, 0.3) is 0 Å². The third kappa shape index (κ3) is 7.08. The largest absolute Gasteiger partial charge is 0.480 e. The summed E-state index contributed by atoms with van der Waals surface area (Å²) < 4.78 is 4.81. The fourth-order valence-corrected chi connectivity index (χ4v) is 1.20. The van der Waals surface area contributed by atoms with Crippen molar-refractivity contribution in [1.29, 1.82) is 0 Å². The van der Waals surface area contributed by atoms with Crippen LogP contribution in [0.2, 0.25) is 0 Å². The first-order valence-electron chi connectivity index (χ1n) is 5.76. The Hall–Kier alpha value is -1.34. The first-order valence-corrected chi connectivity index (χ1v) is 5.76. The number of ether oxygens (including phenoxy) is 1. The molecule has 1 unspecified atom stereocenters. The molecule has 0 aromatic heterocycles. The van der Waals surface area contributed by atoms with Gasteiger partial charge < -0.3 is 25.0 Å². The second kappa shape index (κ2) is 8.71. The Bertz CT molecular complexity index is 271. The van der Waals surface area contributed by atoms with Crippen LogP contribution in [-0.2, 0) is 9.53 Å². The molecule has 0 aliphatic carbocycles. The minimum atomic E-state index is -1.05. The molecule has 0 aliphatic rings. The van der Waals surface area contributed by atoms with Crippen LogP contribution >= 0.6 is 0 Å². The standard InChI is InChI=1S/C11H23N3O4/c1-13(2)6-7-14(3)11(17)12-9(10(15)16)5-8-18-4/h9H,5-8H2,1-4H3,(H,12,17)(H,15,16). The van der Waals surface area contributed by atoms with E-state index in [0.29, 0.717) is 13.2 Å². The molecule has 18 heavy (non-hydrogen) atoms. The summed E-state index contributed by atoms with van der Waals surface area (Å²) in [5, 5.41) is 11.4. The van der Waals surface area contributed by atoms with Crippen LogP contribution in [0.25, 0.3) is 0 Å². The Balaban J connectivity index is 4.18. The lowest BCUT2D eigenvalue weighted by Gasteiger charge is -2.22. The molecule has 0 fully saturated rings. The number of aliphatic carboxylic acids is 1. The number of amides is 2. The van der Waals surface area contributed by atoms with Crippen molar-refractivity contribution >= 4 is 12.0 Å². The molecule has 0 rings (SSSR count). The van der Waals surface area contributed by atoms with Gasteiger partial charge in [-0.25, -0.2) is 9.59 Å². The summed E-state index contributed by atoms with van der Waals surface area (Å²) in [6.07, 6.45) is 0.249. The molecular formula is C11H23N3O4. The Morgan fingerprint density at radius 2 is 1.89 bits per heavy atom. The SMILES string of the molecule is COCCC(NC(=O)N(C)CCN(C)C)C(=O)O. The number of methoxy groups -OCH3 is 1. The van der Waals surface area contributed by atoms with Gasteiger partial charge in [-0.15, -0.1) is 0 Å². The number of nitrogens with zero attached hydrogens (tertiary/aromatic N) is 2. The highest BCUT2D eigenvalue weighted by Crippen LogP contribution is 1.95. The average Bonchev–Trinajstić information content (AvgIpc) is 2.30. The molecule has 106 valence electrons. The smallest absolute Gasteiger partial charge is 0.326 e. The van der Waals surface area contributed by atoms with E-state index in [4.69, 9.17) is 9.84 Å². The molecule has 0 radical (unpaired) electrons. The van der Waals surface area contributed by atoms with Gasteiger partial charge in [0.1, 0.15) is 6.04 Å². The predicted octanol–water partition coefficient (Wildman–Crippen LogP) is -0.321. The van der Waals surface area contributed by atoms with Gasteiger partial charge in [0.15, 0.2) is 0 Å². The summed E-state index contributed by atoms with van der Waals surface area (Å²) in [7, 11) is 6.94. The van der Waals surface area contributed by atoms with Gasteiger partial charge in [-0.3, -0.25) is 0 Å². The van der Waals surface area contributed by atoms with Crippen LogP contribution in [-0.4, -0.2) is 80.9 Å². The molecule has 0 aromatic rings. The maximum absolute atomic E-state index is 11.7. The van der Waals surface area contributed by atoms with Gasteiger partial charge in [0.2, 0.25) is 0 Å². The van der Waals surface area contributed by atoms with Crippen LogP contribution < -0.4 is 5.32 Å². The van der Waals surface area contributed by atoms with Crippen molar-refractivity contribution in [3.8, 4) is 0 Å². The highest BCUT2D eigenvalue weighted by molar-refractivity contribution is 5.82. The quantitative estimate of drug-likeness (QED) is 0.626. The van der Waals surface area contributed by atoms with E-state index in [9.17, 15) is 9.59 Å². The molecule has 7 nitrogen and oxygen atoms in total. The van der Waals surface area contributed by atoms with Gasteiger partial charge in [-0.2, -0.15) is 0 Å². The van der Waals surface area contributed by atoms with Crippen molar-refractivity contribution in [3.63, 3.8) is 0 Å². The summed E-state index contributed by atoms with van der Waals surface area (Å²) >= 11 is 0. The van der Waals surface area contributed by atoms with Gasteiger partial charge in [0, 0.05) is 40.3 Å². The van der Waals surface area contributed by atoms with Gasteiger partial charge in [-0.1, -0.05) is 0 Å². The number of hydrogen-bond acceptors (Lipinski definition) is 4. The molecule has 1 atom stereocenters. The summed E-state index contributed by atoms with van der Waals surface area (Å²) in [6.45, 7) is 1.55. The molecular weight excluding hydrogens is 238 g/mol. The van der Waals surface area contributed by atoms with Crippen LogP contribution in [0.4, 0.5) is 4.79 Å². The number of carbonyl (C=O) groups is 2. The topological polar surface area (TPSA) is 82.1 Å². The number of carboxylic acids is 1. The zero-order chi connectivity index (χ0) is 14.1. The molecule has 0 heterocycles. The van der Waals surface area contributed by atoms with Crippen molar-refractivity contribution in [1.82, 2.24) is 15.1 Å². The second-order valence-corrected chi connectivity index (χ2v) is 4.35. The Morgan fingerprint density at radius 1 is 1.28 bits per heavy atom. The fourth-order valence-electron chi connectivity index (χ4n) is 1.20. The first kappa shape index (κ1) is 16.7. The monoisotopic (exact) mass is 261 g/mol. The number of carbonyl (C=O) groups excluding carboxylic acids is 1. The van der Waals surface area contributed by atoms with Crippen molar-refractivity contribution in [2.45, 2.75) is 12.5 Å². The summed E-state index contributed by atoms with van der Waals surface area (Å²) in [5.74, 6) is -1.05.